The van der Waals surface area contributed by atoms with Gasteiger partial charge in [0.25, 0.3) is 0 Å². The number of nitrogens with one attached hydrogen (secondary N) is 1. The Kier molecular flexibility index (Phi) is 1.15. The molecular formula is C6H11N. The van der Waals surface area contributed by atoms with E-state index in [9.17, 15) is 0 Å². The minimum Gasteiger partial charge on any atom is -0.304 e. The SMILES string of the molecule is C=CC1N[C@@H]1CC. The summed E-state index contributed by atoms with van der Waals surface area (Å²) in [5.41, 5.74) is 0. The van der Waals surface area contributed by atoms with Gasteiger partial charge in [0.2, 0.25) is 0 Å². The van der Waals surface area contributed by atoms with Crippen LogP contribution in [-0.2, 0) is 0 Å². The first-order valence-corrected chi connectivity index (χ1v) is 2.77. The van der Waals surface area contributed by atoms with Gasteiger partial charge in [-0.3, -0.25) is 0 Å². The summed E-state index contributed by atoms with van der Waals surface area (Å²) in [5, 5.41) is 3.25. The van der Waals surface area contributed by atoms with E-state index in [0.717, 1.165) is 6.04 Å². The fourth-order valence-corrected chi connectivity index (χ4v) is 0.796. The third kappa shape index (κ3) is 0.829. The predicted molar refractivity (Wildman–Crippen MR) is 31.2 cm³/mol. The van der Waals surface area contributed by atoms with Crippen LogP contribution in [0.25, 0.3) is 0 Å². The number of hydrogen-bond acceptors (Lipinski definition) is 1. The minimum absolute atomic E-state index is 0.630. The highest BCUT2D eigenvalue weighted by Crippen LogP contribution is 2.13. The van der Waals surface area contributed by atoms with Gasteiger partial charge in [-0.15, -0.1) is 6.58 Å². The molecule has 0 spiro atoms. The maximum absolute atomic E-state index is 3.66. The van der Waals surface area contributed by atoms with E-state index in [1.807, 2.05) is 6.08 Å². The molecule has 1 fully saturated rings. The van der Waals surface area contributed by atoms with E-state index in [0.29, 0.717) is 6.04 Å². The van der Waals surface area contributed by atoms with Crippen molar-refractivity contribution in [3.05, 3.63) is 12.7 Å². The van der Waals surface area contributed by atoms with Gasteiger partial charge in [0.15, 0.2) is 0 Å². The molecule has 1 N–H and O–H groups in total. The van der Waals surface area contributed by atoms with Gasteiger partial charge in [-0.25, -0.2) is 0 Å². The summed E-state index contributed by atoms with van der Waals surface area (Å²) in [6.07, 6.45) is 3.20. The Morgan fingerprint density at radius 1 is 1.86 bits per heavy atom. The zero-order valence-electron chi connectivity index (χ0n) is 4.65. The molecule has 7 heavy (non-hydrogen) atoms. The monoisotopic (exact) mass is 97.1 g/mol. The topological polar surface area (TPSA) is 21.9 Å². The molecule has 1 aliphatic heterocycles. The van der Waals surface area contributed by atoms with E-state index in [4.69, 9.17) is 0 Å². The lowest BCUT2D eigenvalue weighted by molar-refractivity contribution is 0.883. The normalized spacial score (nSPS) is 37.9. The van der Waals surface area contributed by atoms with Crippen LogP contribution in [-0.4, -0.2) is 12.1 Å². The number of rotatable bonds is 2. The van der Waals surface area contributed by atoms with Crippen LogP contribution in [0.5, 0.6) is 0 Å². The maximum atomic E-state index is 3.66. The third-order valence-corrected chi connectivity index (χ3v) is 1.42. The molecule has 1 nitrogen and oxygen atoms in total. The van der Waals surface area contributed by atoms with E-state index < -0.39 is 0 Å². The van der Waals surface area contributed by atoms with Crippen molar-refractivity contribution >= 4 is 0 Å². The second kappa shape index (κ2) is 1.66. The van der Waals surface area contributed by atoms with Crippen molar-refractivity contribution in [2.75, 3.05) is 0 Å². The van der Waals surface area contributed by atoms with Gasteiger partial charge in [0.1, 0.15) is 0 Å². The van der Waals surface area contributed by atoms with E-state index in [-0.39, 0.29) is 0 Å². The van der Waals surface area contributed by atoms with Crippen LogP contribution in [0.2, 0.25) is 0 Å². The fraction of sp³-hybridized carbons (Fsp3) is 0.667. The summed E-state index contributed by atoms with van der Waals surface area (Å²) < 4.78 is 0. The quantitative estimate of drug-likeness (QED) is 0.401. The van der Waals surface area contributed by atoms with Gasteiger partial charge in [-0.2, -0.15) is 0 Å². The third-order valence-electron chi connectivity index (χ3n) is 1.42. The molecule has 1 aliphatic rings. The van der Waals surface area contributed by atoms with Gasteiger partial charge in [0.05, 0.1) is 0 Å². The fourth-order valence-electron chi connectivity index (χ4n) is 0.796. The van der Waals surface area contributed by atoms with Crippen LogP contribution >= 0.6 is 0 Å². The molecule has 0 amide bonds. The average molecular weight is 97.2 g/mol. The van der Waals surface area contributed by atoms with Crippen molar-refractivity contribution in [1.29, 1.82) is 0 Å². The molecule has 1 saturated heterocycles. The van der Waals surface area contributed by atoms with Gasteiger partial charge >= 0.3 is 0 Å². The summed E-state index contributed by atoms with van der Waals surface area (Å²) in [6.45, 7) is 5.84. The van der Waals surface area contributed by atoms with Gasteiger partial charge in [0, 0.05) is 12.1 Å². The van der Waals surface area contributed by atoms with Crippen molar-refractivity contribution < 1.29 is 0 Å². The zero-order chi connectivity index (χ0) is 5.28. The molecule has 2 atom stereocenters. The predicted octanol–water partition coefficient (Wildman–Crippen LogP) is 0.923. The van der Waals surface area contributed by atoms with Crippen molar-refractivity contribution in [2.24, 2.45) is 0 Å². The van der Waals surface area contributed by atoms with Gasteiger partial charge < -0.3 is 5.32 Å². The first-order valence-electron chi connectivity index (χ1n) is 2.77. The number of hydrogen-bond donors (Lipinski definition) is 1. The molecule has 0 aromatic heterocycles. The lowest BCUT2D eigenvalue weighted by atomic mass is 10.3. The zero-order valence-corrected chi connectivity index (χ0v) is 4.65. The van der Waals surface area contributed by atoms with E-state index in [1.165, 1.54) is 6.42 Å². The smallest absolute Gasteiger partial charge is 0.0405 e. The Morgan fingerprint density at radius 2 is 2.57 bits per heavy atom. The molecule has 1 rings (SSSR count). The Bertz CT molecular complexity index is 78.2. The molecule has 0 aromatic rings. The molecule has 0 saturated carbocycles. The first-order chi connectivity index (χ1) is 3.38. The summed E-state index contributed by atoms with van der Waals surface area (Å²) in [4.78, 5) is 0. The van der Waals surface area contributed by atoms with E-state index in [2.05, 4.69) is 18.8 Å². The molecule has 0 aromatic carbocycles. The second-order valence-electron chi connectivity index (χ2n) is 1.94. The Hall–Kier alpha value is -0.300. The van der Waals surface area contributed by atoms with Crippen LogP contribution < -0.4 is 5.32 Å². The molecule has 0 aliphatic carbocycles. The molecule has 1 unspecified atom stereocenters. The van der Waals surface area contributed by atoms with Crippen LogP contribution in [0, 0.1) is 0 Å². The van der Waals surface area contributed by atoms with Crippen molar-refractivity contribution in [1.82, 2.24) is 5.32 Å². The van der Waals surface area contributed by atoms with Crippen molar-refractivity contribution in [3.63, 3.8) is 0 Å². The lowest BCUT2D eigenvalue weighted by Crippen LogP contribution is -1.84. The maximum Gasteiger partial charge on any atom is 0.0405 e. The van der Waals surface area contributed by atoms with Crippen LogP contribution in [0.4, 0.5) is 0 Å². The molecule has 1 heteroatoms. The van der Waals surface area contributed by atoms with Crippen LogP contribution in [0.3, 0.4) is 0 Å². The Balaban J connectivity index is 2.17. The van der Waals surface area contributed by atoms with Crippen molar-refractivity contribution in [2.45, 2.75) is 25.4 Å². The highest BCUT2D eigenvalue weighted by atomic mass is 15.1. The molecule has 40 valence electrons. The summed E-state index contributed by atoms with van der Waals surface area (Å²) >= 11 is 0. The van der Waals surface area contributed by atoms with Crippen LogP contribution in [0.15, 0.2) is 12.7 Å². The molecule has 0 radical (unpaired) electrons. The van der Waals surface area contributed by atoms with Gasteiger partial charge in [-0.1, -0.05) is 13.0 Å². The Morgan fingerprint density at radius 3 is 2.71 bits per heavy atom. The minimum atomic E-state index is 0.630. The highest BCUT2D eigenvalue weighted by Gasteiger charge is 2.30. The average Bonchev–Trinajstić information content (AvgIpc) is 2.43. The highest BCUT2D eigenvalue weighted by molar-refractivity contribution is 5.07. The summed E-state index contributed by atoms with van der Waals surface area (Å²) in [7, 11) is 0. The molecule has 1 heterocycles. The first kappa shape index (κ1) is 4.85. The molecule has 0 bridgehead atoms. The standard InChI is InChI=1S/C6H11N/c1-3-5-6(4-2)7-5/h3,5-7H,1,4H2,2H3/t5?,6-/m1/s1. The largest absolute Gasteiger partial charge is 0.304 e. The second-order valence-corrected chi connectivity index (χ2v) is 1.94. The molecular weight excluding hydrogens is 86.1 g/mol. The van der Waals surface area contributed by atoms with Crippen LogP contribution in [0.1, 0.15) is 13.3 Å². The van der Waals surface area contributed by atoms with E-state index >= 15 is 0 Å². The lowest BCUT2D eigenvalue weighted by Gasteiger charge is -1.77. The Labute approximate surface area is 44.4 Å². The van der Waals surface area contributed by atoms with Crippen molar-refractivity contribution in [3.8, 4) is 0 Å². The summed E-state index contributed by atoms with van der Waals surface area (Å²) in [5.74, 6) is 0. The van der Waals surface area contributed by atoms with Gasteiger partial charge in [-0.05, 0) is 6.42 Å². The van der Waals surface area contributed by atoms with E-state index in [1.54, 1.807) is 0 Å². The summed E-state index contributed by atoms with van der Waals surface area (Å²) in [6, 6.07) is 1.38.